The fraction of sp³-hybridized carbons (Fsp3) is 0.500. The summed E-state index contributed by atoms with van der Waals surface area (Å²) < 4.78 is 5.66. The Kier molecular flexibility index (Phi) is 3.75. The first-order valence-electron chi connectivity index (χ1n) is 5.76. The molecule has 0 spiro atoms. The summed E-state index contributed by atoms with van der Waals surface area (Å²) in [6, 6.07) is 1.82. The van der Waals surface area contributed by atoms with Crippen molar-refractivity contribution in [3.05, 3.63) is 16.7 Å². The molecule has 6 heteroatoms. The van der Waals surface area contributed by atoms with Crippen LogP contribution < -0.4 is 10.6 Å². The second-order valence-corrected chi connectivity index (χ2v) is 5.49. The van der Waals surface area contributed by atoms with Crippen LogP contribution in [0, 0.1) is 11.8 Å². The molecule has 1 aliphatic rings. The van der Waals surface area contributed by atoms with Gasteiger partial charge in [0.1, 0.15) is 0 Å². The van der Waals surface area contributed by atoms with E-state index >= 15 is 0 Å². The lowest BCUT2D eigenvalue weighted by Gasteiger charge is -2.18. The lowest BCUT2D eigenvalue weighted by atomic mass is 9.99. The molecule has 1 aliphatic heterocycles. The van der Waals surface area contributed by atoms with Crippen LogP contribution in [0.3, 0.4) is 0 Å². The Hall–Kier alpha value is -1.30. The molecule has 1 saturated heterocycles. The van der Waals surface area contributed by atoms with Crippen LogP contribution in [0.4, 0.5) is 11.5 Å². The summed E-state index contributed by atoms with van der Waals surface area (Å²) in [6.07, 6.45) is 1.71. The maximum atomic E-state index is 11.6. The van der Waals surface area contributed by atoms with Gasteiger partial charge in [0.25, 0.3) is 0 Å². The fourth-order valence-corrected chi connectivity index (χ4v) is 2.66. The molecule has 2 N–H and O–H groups in total. The lowest BCUT2D eigenvalue weighted by Crippen LogP contribution is -2.25. The average molecular weight is 314 g/mol. The van der Waals surface area contributed by atoms with Crippen molar-refractivity contribution in [3.63, 3.8) is 0 Å². The van der Waals surface area contributed by atoms with E-state index in [1.54, 1.807) is 6.20 Å². The minimum atomic E-state index is -0.166. The van der Waals surface area contributed by atoms with Gasteiger partial charge < -0.3 is 15.4 Å². The number of nitrogens with zero attached hydrogens (tertiary/aromatic N) is 2. The Bertz CT molecular complexity index is 467. The Labute approximate surface area is 114 Å². The standard InChI is InChI=1S/C12H16BrN3O2/c1-7-5-16(6-9(7)12(17)18-2)11-10(14)3-8(13)4-15-11/h3-4,7,9H,5-6,14H2,1-2H3. The zero-order chi connectivity index (χ0) is 13.3. The van der Waals surface area contributed by atoms with Crippen LogP contribution in [0.5, 0.6) is 0 Å². The third-order valence-corrected chi connectivity index (χ3v) is 3.71. The molecule has 1 aromatic heterocycles. The van der Waals surface area contributed by atoms with Crippen LogP contribution in [-0.4, -0.2) is 31.2 Å². The number of hydrogen-bond acceptors (Lipinski definition) is 5. The van der Waals surface area contributed by atoms with Crippen molar-refractivity contribution in [1.82, 2.24) is 4.98 Å². The van der Waals surface area contributed by atoms with E-state index in [1.165, 1.54) is 7.11 Å². The fourth-order valence-electron chi connectivity index (χ4n) is 2.31. The molecule has 98 valence electrons. The summed E-state index contributed by atoms with van der Waals surface area (Å²) in [7, 11) is 1.42. The highest BCUT2D eigenvalue weighted by Gasteiger charge is 2.36. The van der Waals surface area contributed by atoms with Crippen molar-refractivity contribution in [2.24, 2.45) is 11.8 Å². The van der Waals surface area contributed by atoms with Crippen molar-refractivity contribution >= 4 is 33.4 Å². The summed E-state index contributed by atoms with van der Waals surface area (Å²) in [6.45, 7) is 3.40. The summed E-state index contributed by atoms with van der Waals surface area (Å²) >= 11 is 3.33. The Morgan fingerprint density at radius 2 is 2.33 bits per heavy atom. The third-order valence-electron chi connectivity index (χ3n) is 3.28. The molecule has 0 aliphatic carbocycles. The van der Waals surface area contributed by atoms with Gasteiger partial charge in [-0.3, -0.25) is 4.79 Å². The minimum Gasteiger partial charge on any atom is -0.469 e. The van der Waals surface area contributed by atoms with E-state index in [2.05, 4.69) is 20.9 Å². The van der Waals surface area contributed by atoms with E-state index in [0.29, 0.717) is 12.2 Å². The van der Waals surface area contributed by atoms with Gasteiger partial charge in [-0.15, -0.1) is 0 Å². The molecular formula is C12H16BrN3O2. The first kappa shape index (κ1) is 13.1. The number of hydrogen-bond donors (Lipinski definition) is 1. The summed E-state index contributed by atoms with van der Waals surface area (Å²) in [5, 5.41) is 0. The van der Waals surface area contributed by atoms with Gasteiger partial charge in [0.15, 0.2) is 5.82 Å². The number of aromatic nitrogens is 1. The quantitative estimate of drug-likeness (QED) is 0.841. The Morgan fingerprint density at radius 3 is 2.94 bits per heavy atom. The maximum Gasteiger partial charge on any atom is 0.310 e. The number of nitrogens with two attached hydrogens (primary N) is 1. The van der Waals surface area contributed by atoms with E-state index < -0.39 is 0 Å². The molecule has 5 nitrogen and oxygen atoms in total. The Balaban J connectivity index is 2.19. The zero-order valence-electron chi connectivity index (χ0n) is 10.4. The molecule has 0 saturated carbocycles. The second kappa shape index (κ2) is 5.14. The first-order chi connectivity index (χ1) is 8.52. The topological polar surface area (TPSA) is 68.5 Å². The predicted octanol–water partition coefficient (Wildman–Crippen LogP) is 1.67. The minimum absolute atomic E-state index is 0.111. The first-order valence-corrected chi connectivity index (χ1v) is 6.56. The van der Waals surface area contributed by atoms with Crippen LogP contribution >= 0.6 is 15.9 Å². The van der Waals surface area contributed by atoms with Crippen molar-refractivity contribution in [1.29, 1.82) is 0 Å². The lowest BCUT2D eigenvalue weighted by molar-refractivity contribution is -0.145. The molecule has 18 heavy (non-hydrogen) atoms. The molecule has 0 aromatic carbocycles. The van der Waals surface area contributed by atoms with Gasteiger partial charge in [0, 0.05) is 23.8 Å². The van der Waals surface area contributed by atoms with Crippen LogP contribution in [-0.2, 0) is 9.53 Å². The smallest absolute Gasteiger partial charge is 0.310 e. The van der Waals surface area contributed by atoms with Crippen molar-refractivity contribution < 1.29 is 9.53 Å². The number of carbonyl (C=O) groups is 1. The van der Waals surface area contributed by atoms with E-state index in [0.717, 1.165) is 16.8 Å². The zero-order valence-corrected chi connectivity index (χ0v) is 12.0. The molecule has 1 fully saturated rings. The van der Waals surface area contributed by atoms with E-state index in [-0.39, 0.29) is 17.8 Å². The second-order valence-electron chi connectivity index (χ2n) is 4.58. The highest BCUT2D eigenvalue weighted by Crippen LogP contribution is 2.31. The van der Waals surface area contributed by atoms with Gasteiger partial charge in [-0.05, 0) is 27.9 Å². The van der Waals surface area contributed by atoms with Gasteiger partial charge in [-0.2, -0.15) is 0 Å². The number of nitrogen functional groups attached to an aromatic ring is 1. The molecule has 0 radical (unpaired) electrons. The number of methoxy groups -OCH3 is 1. The molecule has 1 aromatic rings. The largest absolute Gasteiger partial charge is 0.469 e. The predicted molar refractivity (Wildman–Crippen MR) is 73.2 cm³/mol. The molecule has 2 heterocycles. The highest BCUT2D eigenvalue weighted by atomic mass is 79.9. The summed E-state index contributed by atoms with van der Waals surface area (Å²) in [5.41, 5.74) is 6.56. The molecule has 0 bridgehead atoms. The van der Waals surface area contributed by atoms with E-state index in [4.69, 9.17) is 10.5 Å². The van der Waals surface area contributed by atoms with Gasteiger partial charge in [0.2, 0.25) is 0 Å². The molecule has 2 atom stereocenters. The van der Waals surface area contributed by atoms with Crippen molar-refractivity contribution in [2.45, 2.75) is 6.92 Å². The van der Waals surface area contributed by atoms with Crippen molar-refractivity contribution in [2.75, 3.05) is 30.8 Å². The van der Waals surface area contributed by atoms with Crippen LogP contribution in [0.15, 0.2) is 16.7 Å². The van der Waals surface area contributed by atoms with Crippen LogP contribution in [0.2, 0.25) is 0 Å². The number of esters is 1. The SMILES string of the molecule is COC(=O)C1CN(c2ncc(Br)cc2N)CC1C. The van der Waals surface area contributed by atoms with Gasteiger partial charge in [0.05, 0.1) is 18.7 Å². The summed E-state index contributed by atoms with van der Waals surface area (Å²) in [4.78, 5) is 18.0. The number of anilines is 2. The van der Waals surface area contributed by atoms with Gasteiger partial charge in [-0.25, -0.2) is 4.98 Å². The molecule has 2 rings (SSSR count). The number of rotatable bonds is 2. The number of ether oxygens (including phenoxy) is 1. The van der Waals surface area contributed by atoms with Crippen LogP contribution in [0.25, 0.3) is 0 Å². The van der Waals surface area contributed by atoms with E-state index in [1.807, 2.05) is 17.9 Å². The molecule has 2 unspecified atom stereocenters. The summed E-state index contributed by atoms with van der Waals surface area (Å²) in [5.74, 6) is 0.694. The third kappa shape index (κ3) is 2.43. The normalized spacial score (nSPS) is 23.2. The number of halogens is 1. The highest BCUT2D eigenvalue weighted by molar-refractivity contribution is 9.10. The molecule has 0 amide bonds. The Morgan fingerprint density at radius 1 is 1.61 bits per heavy atom. The average Bonchev–Trinajstić information content (AvgIpc) is 2.70. The van der Waals surface area contributed by atoms with Gasteiger partial charge in [-0.1, -0.05) is 6.92 Å². The monoisotopic (exact) mass is 313 g/mol. The van der Waals surface area contributed by atoms with Crippen molar-refractivity contribution in [3.8, 4) is 0 Å². The molecular weight excluding hydrogens is 298 g/mol. The van der Waals surface area contributed by atoms with Gasteiger partial charge >= 0.3 is 5.97 Å². The number of pyridine rings is 1. The van der Waals surface area contributed by atoms with Crippen LogP contribution in [0.1, 0.15) is 6.92 Å². The van der Waals surface area contributed by atoms with E-state index in [9.17, 15) is 4.79 Å². The number of carbonyl (C=O) groups excluding carboxylic acids is 1. The maximum absolute atomic E-state index is 11.6.